The van der Waals surface area contributed by atoms with Crippen LogP contribution in [0.5, 0.6) is 0 Å². The summed E-state index contributed by atoms with van der Waals surface area (Å²) in [5.74, 6) is -0.998. The van der Waals surface area contributed by atoms with Gasteiger partial charge in [-0.3, -0.25) is 9.52 Å². The lowest BCUT2D eigenvalue weighted by Gasteiger charge is -2.13. The molecule has 0 fully saturated rings. The minimum atomic E-state index is -3.96. The van der Waals surface area contributed by atoms with E-state index in [2.05, 4.69) is 10.0 Å². The number of hydrogen-bond acceptors (Lipinski definition) is 3. The lowest BCUT2D eigenvalue weighted by molar-refractivity contribution is 0.0942. The molecule has 0 bridgehead atoms. The lowest BCUT2D eigenvalue weighted by atomic mass is 10.1. The van der Waals surface area contributed by atoms with Gasteiger partial charge in [-0.15, -0.1) is 0 Å². The van der Waals surface area contributed by atoms with E-state index in [9.17, 15) is 17.6 Å². The SMILES string of the molecule is Cc1ccc(S(=O)(=O)Nc2ccc(F)c(Cl)c2)cc1C(=O)NC(C)C. The first kappa shape index (κ1) is 19.2. The van der Waals surface area contributed by atoms with Crippen molar-refractivity contribution in [3.63, 3.8) is 0 Å². The van der Waals surface area contributed by atoms with E-state index in [1.807, 2.05) is 13.8 Å². The van der Waals surface area contributed by atoms with Crippen LogP contribution in [-0.2, 0) is 10.0 Å². The van der Waals surface area contributed by atoms with E-state index in [0.717, 1.165) is 6.07 Å². The van der Waals surface area contributed by atoms with E-state index in [4.69, 9.17) is 11.6 Å². The predicted octanol–water partition coefficient (Wildman–Crippen LogP) is 3.73. The van der Waals surface area contributed by atoms with Crippen LogP contribution in [0, 0.1) is 12.7 Å². The minimum absolute atomic E-state index is 0.0764. The number of amides is 1. The number of nitrogens with one attached hydrogen (secondary N) is 2. The van der Waals surface area contributed by atoms with Crippen molar-refractivity contribution < 1.29 is 17.6 Å². The molecule has 2 N–H and O–H groups in total. The Kier molecular flexibility index (Phi) is 5.69. The number of benzene rings is 2. The fourth-order valence-corrected chi connectivity index (χ4v) is 3.38. The van der Waals surface area contributed by atoms with Gasteiger partial charge >= 0.3 is 0 Å². The molecule has 5 nitrogen and oxygen atoms in total. The van der Waals surface area contributed by atoms with Crippen molar-refractivity contribution in [2.24, 2.45) is 0 Å². The third kappa shape index (κ3) is 4.70. The molecule has 0 spiro atoms. The maximum absolute atomic E-state index is 13.2. The molecule has 0 aliphatic rings. The Hall–Kier alpha value is -2.12. The molecule has 0 aromatic heterocycles. The van der Waals surface area contributed by atoms with Gasteiger partial charge < -0.3 is 5.32 Å². The fraction of sp³-hybridized carbons (Fsp3) is 0.235. The van der Waals surface area contributed by atoms with E-state index < -0.39 is 15.8 Å². The maximum Gasteiger partial charge on any atom is 0.261 e. The van der Waals surface area contributed by atoms with E-state index in [1.165, 1.54) is 24.3 Å². The number of carbonyl (C=O) groups excluding carboxylic acids is 1. The summed E-state index contributed by atoms with van der Waals surface area (Å²) in [5, 5.41) is 2.54. The van der Waals surface area contributed by atoms with Gasteiger partial charge in [0.2, 0.25) is 0 Å². The highest BCUT2D eigenvalue weighted by Crippen LogP contribution is 2.23. The molecule has 0 saturated heterocycles. The van der Waals surface area contributed by atoms with Crippen LogP contribution in [0.3, 0.4) is 0 Å². The van der Waals surface area contributed by atoms with Crippen molar-refractivity contribution in [3.05, 3.63) is 58.4 Å². The van der Waals surface area contributed by atoms with Crippen LogP contribution in [0.25, 0.3) is 0 Å². The van der Waals surface area contributed by atoms with Crippen LogP contribution in [0.2, 0.25) is 5.02 Å². The molecular formula is C17H18ClFN2O3S. The molecule has 0 atom stereocenters. The lowest BCUT2D eigenvalue weighted by Crippen LogP contribution is -2.30. The highest BCUT2D eigenvalue weighted by atomic mass is 35.5. The summed E-state index contributed by atoms with van der Waals surface area (Å²) in [6.45, 7) is 5.35. The van der Waals surface area contributed by atoms with Crippen LogP contribution in [0.15, 0.2) is 41.3 Å². The van der Waals surface area contributed by atoms with Gasteiger partial charge in [-0.1, -0.05) is 17.7 Å². The molecule has 1 amide bonds. The van der Waals surface area contributed by atoms with Crippen molar-refractivity contribution >= 4 is 33.2 Å². The van der Waals surface area contributed by atoms with Crippen molar-refractivity contribution in [2.75, 3.05) is 4.72 Å². The summed E-state index contributed by atoms with van der Waals surface area (Å²) >= 11 is 5.66. The Balaban J connectivity index is 2.36. The largest absolute Gasteiger partial charge is 0.350 e. The Morgan fingerprint density at radius 1 is 1.16 bits per heavy atom. The first-order valence-electron chi connectivity index (χ1n) is 7.49. The number of aryl methyl sites for hydroxylation is 1. The number of halogens is 2. The molecule has 2 rings (SSSR count). The van der Waals surface area contributed by atoms with Crippen LogP contribution in [0.4, 0.5) is 10.1 Å². The number of carbonyl (C=O) groups is 1. The van der Waals surface area contributed by atoms with E-state index in [1.54, 1.807) is 13.0 Å². The molecule has 0 unspecified atom stereocenters. The van der Waals surface area contributed by atoms with E-state index in [-0.39, 0.29) is 33.1 Å². The van der Waals surface area contributed by atoms with Crippen molar-refractivity contribution in [1.29, 1.82) is 0 Å². The van der Waals surface area contributed by atoms with Gasteiger partial charge in [0.05, 0.1) is 15.6 Å². The standard InChI is InChI=1S/C17H18ClFN2O3S/c1-10(2)20-17(22)14-9-13(6-4-11(14)3)25(23,24)21-12-5-7-16(19)15(18)8-12/h4-10,21H,1-3H3,(H,20,22). The number of hydrogen-bond donors (Lipinski definition) is 2. The molecule has 2 aromatic carbocycles. The molecule has 0 aliphatic carbocycles. The smallest absolute Gasteiger partial charge is 0.261 e. The highest BCUT2D eigenvalue weighted by Gasteiger charge is 2.19. The molecule has 0 saturated carbocycles. The normalized spacial score (nSPS) is 11.4. The Morgan fingerprint density at radius 3 is 2.44 bits per heavy atom. The van der Waals surface area contributed by atoms with Crippen LogP contribution < -0.4 is 10.0 Å². The van der Waals surface area contributed by atoms with Gasteiger partial charge in [0.15, 0.2) is 0 Å². The van der Waals surface area contributed by atoms with Crippen molar-refractivity contribution in [3.8, 4) is 0 Å². The van der Waals surface area contributed by atoms with Gasteiger partial charge in [-0.25, -0.2) is 12.8 Å². The molecule has 8 heteroatoms. The predicted molar refractivity (Wildman–Crippen MR) is 96.0 cm³/mol. The number of anilines is 1. The first-order valence-corrected chi connectivity index (χ1v) is 9.35. The van der Waals surface area contributed by atoms with Gasteiger partial charge in [0, 0.05) is 11.6 Å². The molecule has 0 radical (unpaired) electrons. The van der Waals surface area contributed by atoms with Crippen molar-refractivity contribution in [1.82, 2.24) is 5.32 Å². The van der Waals surface area contributed by atoms with E-state index >= 15 is 0 Å². The highest BCUT2D eigenvalue weighted by molar-refractivity contribution is 7.92. The molecule has 2 aromatic rings. The molecule has 0 aliphatic heterocycles. The zero-order chi connectivity index (χ0) is 18.8. The number of sulfonamides is 1. The second kappa shape index (κ2) is 7.41. The average molecular weight is 385 g/mol. The van der Waals surface area contributed by atoms with Gasteiger partial charge in [-0.2, -0.15) is 0 Å². The Morgan fingerprint density at radius 2 is 1.84 bits per heavy atom. The average Bonchev–Trinajstić information content (AvgIpc) is 2.50. The fourth-order valence-electron chi connectivity index (χ4n) is 2.13. The summed E-state index contributed by atoms with van der Waals surface area (Å²) in [7, 11) is -3.96. The topological polar surface area (TPSA) is 75.3 Å². The van der Waals surface area contributed by atoms with Crippen LogP contribution >= 0.6 is 11.6 Å². The van der Waals surface area contributed by atoms with Crippen LogP contribution in [0.1, 0.15) is 29.8 Å². The third-order valence-electron chi connectivity index (χ3n) is 3.36. The zero-order valence-electron chi connectivity index (χ0n) is 13.9. The molecule has 25 heavy (non-hydrogen) atoms. The quantitative estimate of drug-likeness (QED) is 0.824. The monoisotopic (exact) mass is 384 g/mol. The zero-order valence-corrected chi connectivity index (χ0v) is 15.5. The molecular weight excluding hydrogens is 367 g/mol. The maximum atomic E-state index is 13.2. The minimum Gasteiger partial charge on any atom is -0.350 e. The molecule has 0 heterocycles. The third-order valence-corrected chi connectivity index (χ3v) is 5.02. The number of rotatable bonds is 5. The Bertz CT molecular complexity index is 914. The summed E-state index contributed by atoms with van der Waals surface area (Å²) in [5.41, 5.74) is 1.05. The summed E-state index contributed by atoms with van der Waals surface area (Å²) in [6, 6.07) is 7.69. The Labute approximate surface area is 151 Å². The second-order valence-corrected chi connectivity index (χ2v) is 7.93. The molecule has 134 valence electrons. The van der Waals surface area contributed by atoms with Gasteiger partial charge in [0.1, 0.15) is 5.82 Å². The summed E-state index contributed by atoms with van der Waals surface area (Å²) in [4.78, 5) is 12.1. The summed E-state index contributed by atoms with van der Waals surface area (Å²) < 4.78 is 40.6. The van der Waals surface area contributed by atoms with E-state index in [0.29, 0.717) is 5.56 Å². The second-order valence-electron chi connectivity index (χ2n) is 5.84. The first-order chi connectivity index (χ1) is 11.6. The summed E-state index contributed by atoms with van der Waals surface area (Å²) in [6.07, 6.45) is 0. The van der Waals surface area contributed by atoms with Gasteiger partial charge in [-0.05, 0) is 56.7 Å². The van der Waals surface area contributed by atoms with Gasteiger partial charge in [0.25, 0.3) is 15.9 Å². The van der Waals surface area contributed by atoms with Crippen molar-refractivity contribution in [2.45, 2.75) is 31.7 Å². The van der Waals surface area contributed by atoms with Crippen LogP contribution in [-0.4, -0.2) is 20.4 Å².